The number of nitrogens with zero attached hydrogens (tertiary/aromatic N) is 2. The Kier molecular flexibility index (Phi) is 5.14. The molecule has 0 bridgehead atoms. The monoisotopic (exact) mass is 381 g/mol. The van der Waals surface area contributed by atoms with Gasteiger partial charge in [-0.05, 0) is 24.6 Å². The zero-order valence-corrected chi connectivity index (χ0v) is 15.4. The molecule has 0 spiro atoms. The van der Waals surface area contributed by atoms with Crippen molar-refractivity contribution >= 4 is 35.2 Å². The summed E-state index contributed by atoms with van der Waals surface area (Å²) >= 11 is 1.08. The Morgan fingerprint density at radius 3 is 2.67 bits per heavy atom. The van der Waals surface area contributed by atoms with Crippen LogP contribution in [0.15, 0.2) is 64.2 Å². The van der Waals surface area contributed by atoms with Crippen molar-refractivity contribution in [1.82, 2.24) is 4.90 Å². The molecule has 1 aromatic carbocycles. The second-order valence-electron chi connectivity index (χ2n) is 5.73. The molecule has 2 heterocycles. The molecule has 1 aromatic rings. The number of amides is 2. The van der Waals surface area contributed by atoms with E-state index in [0.717, 1.165) is 17.8 Å². The lowest BCUT2D eigenvalue weighted by Gasteiger charge is -2.27. The lowest BCUT2D eigenvalue weighted by atomic mass is 9.98. The number of nitrogens with one attached hydrogen (secondary N) is 1. The van der Waals surface area contributed by atoms with Crippen molar-refractivity contribution in [2.45, 2.75) is 12.3 Å². The highest BCUT2D eigenvalue weighted by Crippen LogP contribution is 2.43. The van der Waals surface area contributed by atoms with Gasteiger partial charge in [-0.15, -0.1) is 0 Å². The number of carbonyl (C=O) groups excluding carboxylic acids is 3. The molecule has 0 saturated carbocycles. The number of rotatable bonds is 3. The van der Waals surface area contributed by atoms with Gasteiger partial charge in [0.15, 0.2) is 0 Å². The molecular formula is C19H15N3O4S. The average molecular weight is 381 g/mol. The van der Waals surface area contributed by atoms with Crippen LogP contribution < -0.4 is 5.32 Å². The van der Waals surface area contributed by atoms with Crippen molar-refractivity contribution in [3.05, 3.63) is 64.2 Å². The summed E-state index contributed by atoms with van der Waals surface area (Å²) in [4.78, 5) is 38.2. The number of ether oxygens (including phenoxy) is 1. The predicted molar refractivity (Wildman–Crippen MR) is 99.8 cm³/mol. The van der Waals surface area contributed by atoms with Crippen molar-refractivity contribution in [2.24, 2.45) is 0 Å². The van der Waals surface area contributed by atoms with Gasteiger partial charge in [-0.25, -0.2) is 4.79 Å². The Hall–Kier alpha value is -3.31. The first-order valence-corrected chi connectivity index (χ1v) is 8.82. The molecule has 0 aliphatic carbocycles. The van der Waals surface area contributed by atoms with Gasteiger partial charge in [0, 0.05) is 18.0 Å². The van der Waals surface area contributed by atoms with Gasteiger partial charge in [0.25, 0.3) is 11.8 Å². The summed E-state index contributed by atoms with van der Waals surface area (Å²) in [6.07, 6.45) is 2.51. The maximum Gasteiger partial charge on any atom is 0.331 e. The minimum atomic E-state index is -0.657. The molecular weight excluding hydrogens is 366 g/mol. The van der Waals surface area contributed by atoms with Crippen molar-refractivity contribution in [1.29, 1.82) is 5.26 Å². The first-order chi connectivity index (χ1) is 13.0. The van der Waals surface area contributed by atoms with Crippen molar-refractivity contribution in [2.75, 3.05) is 12.4 Å². The number of anilines is 1. The summed E-state index contributed by atoms with van der Waals surface area (Å²) in [6.45, 7) is 1.67. The molecule has 8 heteroatoms. The maximum absolute atomic E-state index is 12.7. The van der Waals surface area contributed by atoms with Crippen LogP contribution in [-0.4, -0.2) is 35.2 Å². The van der Waals surface area contributed by atoms with Gasteiger partial charge in [0.1, 0.15) is 5.37 Å². The van der Waals surface area contributed by atoms with E-state index in [0.29, 0.717) is 16.8 Å². The number of hydrogen-bond acceptors (Lipinski definition) is 6. The van der Waals surface area contributed by atoms with Gasteiger partial charge in [-0.2, -0.15) is 5.26 Å². The minimum absolute atomic E-state index is 0.161. The highest BCUT2D eigenvalue weighted by molar-refractivity contribution is 8.05. The van der Waals surface area contributed by atoms with E-state index < -0.39 is 23.2 Å². The first kappa shape index (κ1) is 18.5. The number of hydrogen-bond donors (Lipinski definition) is 1. The highest BCUT2D eigenvalue weighted by atomic mass is 32.2. The Bertz CT molecular complexity index is 957. The smallest absolute Gasteiger partial charge is 0.331 e. The molecule has 1 atom stereocenters. The third kappa shape index (κ3) is 3.50. The Labute approximate surface area is 160 Å². The summed E-state index contributed by atoms with van der Waals surface area (Å²) in [5.74, 6) is -1.54. The Morgan fingerprint density at radius 1 is 1.33 bits per heavy atom. The molecule has 1 N–H and O–H groups in total. The van der Waals surface area contributed by atoms with Crippen molar-refractivity contribution in [3.8, 4) is 6.07 Å². The molecule has 2 amide bonds. The summed E-state index contributed by atoms with van der Waals surface area (Å²) in [7, 11) is 1.22. The lowest BCUT2D eigenvalue weighted by molar-refractivity contribution is -0.135. The SMILES string of the molecule is COC(=O)/C=C1\SC2C(C#N)=C(C)C(C(=O)Nc3ccccc3)=CN2C1=O. The largest absolute Gasteiger partial charge is 0.466 e. The van der Waals surface area contributed by atoms with Crippen LogP contribution in [0.4, 0.5) is 5.69 Å². The van der Waals surface area contributed by atoms with Crippen LogP contribution in [-0.2, 0) is 19.1 Å². The Morgan fingerprint density at radius 2 is 2.04 bits per heavy atom. The Balaban J connectivity index is 1.95. The summed E-state index contributed by atoms with van der Waals surface area (Å²) < 4.78 is 4.56. The number of fused-ring (bicyclic) bond motifs is 1. The number of esters is 1. The molecule has 1 fully saturated rings. The van der Waals surface area contributed by atoms with E-state index in [1.165, 1.54) is 18.2 Å². The van der Waals surface area contributed by atoms with Crippen molar-refractivity contribution < 1.29 is 19.1 Å². The lowest BCUT2D eigenvalue weighted by Crippen LogP contribution is -2.34. The maximum atomic E-state index is 12.7. The quantitative estimate of drug-likeness (QED) is 0.637. The fourth-order valence-electron chi connectivity index (χ4n) is 2.70. The molecule has 3 rings (SSSR count). The van der Waals surface area contributed by atoms with Crippen LogP contribution in [0.2, 0.25) is 0 Å². The molecule has 2 aliphatic rings. The van der Waals surface area contributed by atoms with Crippen LogP contribution in [0, 0.1) is 11.3 Å². The molecule has 0 radical (unpaired) electrons. The van der Waals surface area contributed by atoms with Gasteiger partial charge in [0.05, 0.1) is 29.2 Å². The van der Waals surface area contributed by atoms with E-state index in [-0.39, 0.29) is 10.5 Å². The first-order valence-electron chi connectivity index (χ1n) is 7.94. The van der Waals surface area contributed by atoms with Crippen LogP contribution >= 0.6 is 11.8 Å². The number of thioether (sulfide) groups is 1. The molecule has 7 nitrogen and oxygen atoms in total. The van der Waals surface area contributed by atoms with Crippen LogP contribution in [0.3, 0.4) is 0 Å². The van der Waals surface area contributed by atoms with Gasteiger partial charge in [0.2, 0.25) is 0 Å². The second-order valence-corrected chi connectivity index (χ2v) is 6.85. The fourth-order valence-corrected chi connectivity index (χ4v) is 3.93. The molecule has 1 saturated heterocycles. The third-order valence-electron chi connectivity index (χ3n) is 4.11. The van der Waals surface area contributed by atoms with Crippen LogP contribution in [0.1, 0.15) is 6.92 Å². The minimum Gasteiger partial charge on any atom is -0.466 e. The third-order valence-corrected chi connectivity index (χ3v) is 5.34. The highest BCUT2D eigenvalue weighted by Gasteiger charge is 2.42. The molecule has 2 aliphatic heterocycles. The summed E-state index contributed by atoms with van der Waals surface area (Å²) in [5.41, 5.74) is 1.61. The molecule has 27 heavy (non-hydrogen) atoms. The zero-order chi connectivity index (χ0) is 19.6. The van der Waals surface area contributed by atoms with Gasteiger partial charge in [-0.1, -0.05) is 30.0 Å². The van der Waals surface area contributed by atoms with E-state index >= 15 is 0 Å². The standard InChI is InChI=1S/C19H15N3O4S/c1-11-13(9-20)19-22(18(25)15(27-19)8-16(23)26-2)10-14(11)17(24)21-12-6-4-3-5-7-12/h3-8,10,19H,1-2H3,(H,21,24)/b15-8-. The van der Waals surface area contributed by atoms with E-state index in [2.05, 4.69) is 16.1 Å². The van der Waals surface area contributed by atoms with Gasteiger partial charge < -0.3 is 10.1 Å². The number of carbonyl (C=O) groups is 3. The predicted octanol–water partition coefficient (Wildman–Crippen LogP) is 2.32. The van der Waals surface area contributed by atoms with Crippen LogP contribution in [0.5, 0.6) is 0 Å². The zero-order valence-electron chi connectivity index (χ0n) is 14.6. The number of nitriles is 1. The van der Waals surface area contributed by atoms with Crippen LogP contribution in [0.25, 0.3) is 0 Å². The topological polar surface area (TPSA) is 99.5 Å². The fraction of sp³-hybridized carbons (Fsp3) is 0.158. The van der Waals surface area contributed by atoms with E-state index in [1.54, 1.807) is 31.2 Å². The molecule has 0 aromatic heterocycles. The van der Waals surface area contributed by atoms with E-state index in [1.807, 2.05) is 6.07 Å². The van der Waals surface area contributed by atoms with Gasteiger partial charge in [-0.3, -0.25) is 14.5 Å². The molecule has 136 valence electrons. The number of para-hydroxylation sites is 1. The van der Waals surface area contributed by atoms with E-state index in [4.69, 9.17) is 0 Å². The summed E-state index contributed by atoms with van der Waals surface area (Å²) in [6, 6.07) is 11.0. The second kappa shape index (κ2) is 7.51. The van der Waals surface area contributed by atoms with E-state index in [9.17, 15) is 19.6 Å². The van der Waals surface area contributed by atoms with Gasteiger partial charge >= 0.3 is 5.97 Å². The number of methoxy groups -OCH3 is 1. The normalized spacial score (nSPS) is 20.1. The average Bonchev–Trinajstić information content (AvgIpc) is 2.97. The number of benzene rings is 1. The summed E-state index contributed by atoms with van der Waals surface area (Å²) in [5, 5.41) is 11.7. The molecule has 1 unspecified atom stereocenters. The van der Waals surface area contributed by atoms with Crippen molar-refractivity contribution in [3.63, 3.8) is 0 Å².